The summed E-state index contributed by atoms with van der Waals surface area (Å²) in [5, 5.41) is 16.8. The molecular formula is C21H20N4OS2. The Balaban J connectivity index is 1.64. The van der Waals surface area contributed by atoms with Crippen LogP contribution in [0.5, 0.6) is 0 Å². The third-order valence-electron chi connectivity index (χ3n) is 5.05. The second-order valence-corrected chi connectivity index (χ2v) is 8.87. The van der Waals surface area contributed by atoms with E-state index in [0.717, 1.165) is 46.8 Å². The van der Waals surface area contributed by atoms with Crippen LogP contribution in [0.15, 0.2) is 28.7 Å². The normalized spacial score (nSPS) is 13.5. The van der Waals surface area contributed by atoms with Gasteiger partial charge in [0.05, 0.1) is 16.7 Å². The molecule has 5 nitrogen and oxygen atoms in total. The Hall–Kier alpha value is -2.69. The summed E-state index contributed by atoms with van der Waals surface area (Å²) < 4.78 is 2.14. The van der Waals surface area contributed by atoms with Crippen molar-refractivity contribution in [3.05, 3.63) is 61.4 Å². The number of hydrogen-bond acceptors (Lipinski definition) is 5. The molecule has 4 rings (SSSR count). The highest BCUT2D eigenvalue weighted by molar-refractivity contribution is 7.15. The van der Waals surface area contributed by atoms with Gasteiger partial charge in [-0.05, 0) is 62.6 Å². The largest absolute Gasteiger partial charge is 0.308 e. The summed E-state index contributed by atoms with van der Waals surface area (Å²) in [6.07, 6.45) is 6.09. The number of nitrogens with zero attached hydrogens (tertiary/aromatic N) is 3. The molecule has 142 valence electrons. The number of nitriles is 1. The molecular weight excluding hydrogens is 388 g/mol. The van der Waals surface area contributed by atoms with Crippen LogP contribution in [0.1, 0.15) is 55.5 Å². The Morgan fingerprint density at radius 1 is 1.36 bits per heavy atom. The Kier molecular flexibility index (Phi) is 5.16. The van der Waals surface area contributed by atoms with E-state index in [4.69, 9.17) is 0 Å². The van der Waals surface area contributed by atoms with Crippen LogP contribution in [0.3, 0.4) is 0 Å². The van der Waals surface area contributed by atoms with Crippen LogP contribution in [0.2, 0.25) is 0 Å². The van der Waals surface area contributed by atoms with Crippen molar-refractivity contribution in [3.63, 3.8) is 0 Å². The lowest BCUT2D eigenvalue weighted by molar-refractivity contribution is 0.0959. The van der Waals surface area contributed by atoms with E-state index in [2.05, 4.69) is 21.2 Å². The fraction of sp³-hybridized carbons (Fsp3) is 0.286. The van der Waals surface area contributed by atoms with Crippen molar-refractivity contribution in [2.45, 2.75) is 39.5 Å². The van der Waals surface area contributed by atoms with Gasteiger partial charge < -0.3 is 4.57 Å². The Morgan fingerprint density at radius 2 is 2.18 bits per heavy atom. The molecule has 1 aliphatic carbocycles. The molecule has 1 aliphatic rings. The average molecular weight is 409 g/mol. The van der Waals surface area contributed by atoms with Crippen molar-refractivity contribution in [2.75, 3.05) is 0 Å². The first kappa shape index (κ1) is 18.7. The number of carbonyl (C=O) groups excluding carboxylic acids is 1. The molecule has 3 heterocycles. The van der Waals surface area contributed by atoms with Gasteiger partial charge in [-0.25, -0.2) is 5.43 Å². The molecule has 0 atom stereocenters. The van der Waals surface area contributed by atoms with Gasteiger partial charge in [0, 0.05) is 21.8 Å². The number of nitrogens with one attached hydrogen (secondary N) is 1. The summed E-state index contributed by atoms with van der Waals surface area (Å²) in [5.41, 5.74) is 7.62. The fourth-order valence-corrected chi connectivity index (χ4v) is 5.74. The van der Waals surface area contributed by atoms with Gasteiger partial charge in [0.1, 0.15) is 11.1 Å². The second-order valence-electron chi connectivity index (χ2n) is 6.84. The summed E-state index contributed by atoms with van der Waals surface area (Å²) in [6.45, 7) is 4.06. The topological polar surface area (TPSA) is 70.2 Å². The maximum Gasteiger partial charge on any atom is 0.281 e. The van der Waals surface area contributed by atoms with Crippen molar-refractivity contribution in [2.24, 2.45) is 5.10 Å². The second kappa shape index (κ2) is 7.74. The van der Waals surface area contributed by atoms with Gasteiger partial charge >= 0.3 is 0 Å². The lowest BCUT2D eigenvalue weighted by Crippen LogP contribution is -2.16. The van der Waals surface area contributed by atoms with Gasteiger partial charge in [0.25, 0.3) is 5.91 Å². The van der Waals surface area contributed by atoms with Gasteiger partial charge in [-0.1, -0.05) is 6.07 Å². The molecule has 0 spiro atoms. The van der Waals surface area contributed by atoms with E-state index in [1.165, 1.54) is 28.2 Å². The van der Waals surface area contributed by atoms with Crippen LogP contribution in [-0.4, -0.2) is 16.7 Å². The molecule has 0 aromatic carbocycles. The molecule has 0 radical (unpaired) electrons. The molecule has 0 unspecified atom stereocenters. The molecule has 0 fully saturated rings. The predicted octanol–water partition coefficient (Wildman–Crippen LogP) is 4.73. The minimum atomic E-state index is -0.210. The molecule has 7 heteroatoms. The van der Waals surface area contributed by atoms with E-state index in [1.54, 1.807) is 23.6 Å². The first-order chi connectivity index (χ1) is 13.6. The minimum absolute atomic E-state index is 0.210. The summed E-state index contributed by atoms with van der Waals surface area (Å²) in [6, 6.07) is 8.08. The van der Waals surface area contributed by atoms with Crippen molar-refractivity contribution >= 4 is 34.8 Å². The fourth-order valence-electron chi connectivity index (χ4n) is 3.68. The van der Waals surface area contributed by atoms with Crippen molar-refractivity contribution < 1.29 is 4.79 Å². The molecule has 28 heavy (non-hydrogen) atoms. The van der Waals surface area contributed by atoms with Gasteiger partial charge in [-0.15, -0.1) is 22.7 Å². The molecule has 1 N–H and O–H groups in total. The van der Waals surface area contributed by atoms with Gasteiger partial charge in [-0.3, -0.25) is 4.79 Å². The summed E-state index contributed by atoms with van der Waals surface area (Å²) in [7, 11) is 0. The highest BCUT2D eigenvalue weighted by atomic mass is 32.1. The Bertz CT molecular complexity index is 1100. The molecule has 3 aromatic heterocycles. The highest BCUT2D eigenvalue weighted by Crippen LogP contribution is 2.38. The van der Waals surface area contributed by atoms with Crippen LogP contribution in [-0.2, 0) is 12.8 Å². The standard InChI is InChI=1S/C21H20N4OS2/c1-13-10-15(12-23-24-20(26)19-8-5-9-27-19)14(2)25(13)21-17(11-22)16-6-3-4-7-18(16)28-21/h5,8-10,12H,3-4,6-7H2,1-2H3,(H,24,26)/b23-12+. The van der Waals surface area contributed by atoms with E-state index in [-0.39, 0.29) is 5.91 Å². The van der Waals surface area contributed by atoms with Crippen molar-refractivity contribution in [1.29, 1.82) is 5.26 Å². The van der Waals surface area contributed by atoms with Crippen molar-refractivity contribution in [1.82, 2.24) is 9.99 Å². The first-order valence-corrected chi connectivity index (χ1v) is 10.9. The maximum atomic E-state index is 12.0. The SMILES string of the molecule is Cc1cc(/C=N/NC(=O)c2cccs2)c(C)n1-c1sc2c(c1C#N)CCCC2. The van der Waals surface area contributed by atoms with Gasteiger partial charge in [0.2, 0.25) is 0 Å². The molecule has 3 aromatic rings. The van der Waals surface area contributed by atoms with E-state index >= 15 is 0 Å². The number of rotatable bonds is 4. The zero-order valence-corrected chi connectivity index (χ0v) is 17.4. The summed E-state index contributed by atoms with van der Waals surface area (Å²) in [4.78, 5) is 14.0. The van der Waals surface area contributed by atoms with Crippen LogP contribution in [0.4, 0.5) is 0 Å². The molecule has 1 amide bonds. The molecule has 0 bridgehead atoms. The number of fused-ring (bicyclic) bond motifs is 1. The van der Waals surface area contributed by atoms with Gasteiger partial charge in [-0.2, -0.15) is 10.4 Å². The average Bonchev–Trinajstić information content (AvgIpc) is 3.40. The summed E-state index contributed by atoms with van der Waals surface area (Å²) in [5.74, 6) is -0.210. The van der Waals surface area contributed by atoms with Crippen LogP contribution < -0.4 is 5.43 Å². The van der Waals surface area contributed by atoms with E-state index in [1.807, 2.05) is 31.4 Å². The quantitative estimate of drug-likeness (QED) is 0.501. The number of aromatic nitrogens is 1. The lowest BCUT2D eigenvalue weighted by atomic mass is 9.96. The third kappa shape index (κ3) is 3.30. The predicted molar refractivity (Wildman–Crippen MR) is 114 cm³/mol. The third-order valence-corrected chi connectivity index (χ3v) is 7.20. The number of aryl methyl sites for hydroxylation is 2. The molecule has 0 saturated carbocycles. The Labute approximate surface area is 171 Å². The first-order valence-electron chi connectivity index (χ1n) is 9.21. The van der Waals surface area contributed by atoms with Gasteiger partial charge in [0.15, 0.2) is 0 Å². The smallest absolute Gasteiger partial charge is 0.281 e. The lowest BCUT2D eigenvalue weighted by Gasteiger charge is -2.10. The number of hydrogen-bond donors (Lipinski definition) is 1. The number of carbonyl (C=O) groups is 1. The highest BCUT2D eigenvalue weighted by Gasteiger charge is 2.23. The monoisotopic (exact) mass is 408 g/mol. The van der Waals surface area contributed by atoms with Crippen LogP contribution in [0, 0.1) is 25.2 Å². The molecule has 0 aliphatic heterocycles. The van der Waals surface area contributed by atoms with Crippen LogP contribution >= 0.6 is 22.7 Å². The van der Waals surface area contributed by atoms with Crippen LogP contribution in [0.25, 0.3) is 5.00 Å². The molecule has 0 saturated heterocycles. The van der Waals surface area contributed by atoms with Crippen molar-refractivity contribution in [3.8, 4) is 11.1 Å². The zero-order chi connectivity index (χ0) is 19.7. The van der Waals surface area contributed by atoms with E-state index in [9.17, 15) is 10.1 Å². The minimum Gasteiger partial charge on any atom is -0.308 e. The zero-order valence-electron chi connectivity index (χ0n) is 15.8. The van der Waals surface area contributed by atoms with E-state index < -0.39 is 0 Å². The summed E-state index contributed by atoms with van der Waals surface area (Å²) >= 11 is 3.12. The number of hydrazone groups is 1. The Morgan fingerprint density at radius 3 is 2.93 bits per heavy atom. The maximum absolute atomic E-state index is 12.0. The van der Waals surface area contributed by atoms with E-state index in [0.29, 0.717) is 4.88 Å². The number of amides is 1. The number of thiophene rings is 2.